The van der Waals surface area contributed by atoms with Gasteiger partial charge in [0.1, 0.15) is 11.8 Å². The highest BCUT2D eigenvalue weighted by atomic mass is 35.5. The Morgan fingerprint density at radius 2 is 2.36 bits per heavy atom. The van der Waals surface area contributed by atoms with Crippen molar-refractivity contribution in [2.45, 2.75) is 6.92 Å². The minimum Gasteiger partial charge on any atom is -0.385 e. The molecule has 1 aromatic rings. The van der Waals surface area contributed by atoms with Crippen LogP contribution in [0.4, 0.5) is 5.69 Å². The zero-order valence-electron chi connectivity index (χ0n) is 7.76. The topological polar surface area (TPSA) is 59.7 Å². The lowest BCUT2D eigenvalue weighted by molar-refractivity contribution is 1.21. The van der Waals surface area contributed by atoms with E-state index in [0.717, 1.165) is 12.2 Å². The van der Waals surface area contributed by atoms with Crippen LogP contribution in [0.5, 0.6) is 0 Å². The van der Waals surface area contributed by atoms with Gasteiger partial charge in [0, 0.05) is 22.8 Å². The number of hydrogen-bond acceptors (Lipinski definition) is 3. The van der Waals surface area contributed by atoms with Crippen LogP contribution < -0.4 is 5.32 Å². The third kappa shape index (κ3) is 2.24. The van der Waals surface area contributed by atoms with Crippen LogP contribution in [0.1, 0.15) is 12.5 Å². The van der Waals surface area contributed by atoms with Crippen molar-refractivity contribution in [2.75, 3.05) is 11.9 Å². The Balaban J connectivity index is 3.17. The van der Waals surface area contributed by atoms with Gasteiger partial charge >= 0.3 is 0 Å². The molecule has 0 aliphatic heterocycles. The van der Waals surface area contributed by atoms with Crippen LogP contribution in [0.3, 0.4) is 0 Å². The highest BCUT2D eigenvalue weighted by molar-refractivity contribution is 6.31. The summed E-state index contributed by atoms with van der Waals surface area (Å²) in [5.74, 6) is 0. The molecule has 0 bridgehead atoms. The van der Waals surface area contributed by atoms with E-state index < -0.39 is 0 Å². The summed E-state index contributed by atoms with van der Waals surface area (Å²) < 4.78 is 0. The molecule has 0 unspecified atom stereocenters. The van der Waals surface area contributed by atoms with Crippen molar-refractivity contribution in [3.63, 3.8) is 0 Å². The minimum absolute atomic E-state index is 0.0801. The second-order valence-electron chi connectivity index (χ2n) is 2.71. The Labute approximate surface area is 87.8 Å². The summed E-state index contributed by atoms with van der Waals surface area (Å²) in [6.45, 7) is 2.70. The van der Waals surface area contributed by atoms with Gasteiger partial charge in [-0.05, 0) is 25.1 Å². The van der Waals surface area contributed by atoms with Crippen LogP contribution in [0.2, 0.25) is 5.02 Å². The SMILES string of the molecule is CCNc1ccc(Cl)cc1C(=N)C#N. The molecule has 1 rings (SSSR count). The van der Waals surface area contributed by atoms with Gasteiger partial charge in [0.05, 0.1) is 0 Å². The summed E-state index contributed by atoms with van der Waals surface area (Å²) in [5, 5.41) is 19.7. The lowest BCUT2D eigenvalue weighted by Gasteiger charge is -2.08. The minimum atomic E-state index is -0.0801. The number of halogens is 1. The van der Waals surface area contributed by atoms with Gasteiger partial charge in [-0.25, -0.2) is 0 Å². The Hall–Kier alpha value is -1.53. The number of anilines is 1. The fraction of sp³-hybridized carbons (Fsp3) is 0.200. The molecule has 2 N–H and O–H groups in total. The number of nitrogens with zero attached hydrogens (tertiary/aromatic N) is 1. The molecule has 0 saturated carbocycles. The highest BCUT2D eigenvalue weighted by Crippen LogP contribution is 2.20. The van der Waals surface area contributed by atoms with Crippen LogP contribution in [0.25, 0.3) is 0 Å². The molecule has 0 fully saturated rings. The van der Waals surface area contributed by atoms with Crippen LogP contribution in [-0.2, 0) is 0 Å². The zero-order chi connectivity index (χ0) is 10.6. The highest BCUT2D eigenvalue weighted by Gasteiger charge is 2.07. The summed E-state index contributed by atoms with van der Waals surface area (Å²) in [6.07, 6.45) is 0. The first-order chi connectivity index (χ1) is 6.69. The predicted molar refractivity (Wildman–Crippen MR) is 58.1 cm³/mol. The second-order valence-corrected chi connectivity index (χ2v) is 3.14. The van der Waals surface area contributed by atoms with E-state index in [0.29, 0.717) is 10.6 Å². The molecule has 14 heavy (non-hydrogen) atoms. The molecule has 0 atom stereocenters. The second kappa shape index (κ2) is 4.64. The maximum Gasteiger partial charge on any atom is 0.141 e. The van der Waals surface area contributed by atoms with Crippen molar-refractivity contribution in [2.24, 2.45) is 0 Å². The van der Waals surface area contributed by atoms with Gasteiger partial charge in [0.15, 0.2) is 0 Å². The van der Waals surface area contributed by atoms with Crippen LogP contribution in [0.15, 0.2) is 18.2 Å². The maximum atomic E-state index is 8.63. The third-order valence-corrected chi connectivity index (χ3v) is 1.97. The van der Waals surface area contributed by atoms with Crippen molar-refractivity contribution in [3.8, 4) is 6.07 Å². The molecule has 4 heteroatoms. The Morgan fingerprint density at radius 3 is 2.93 bits per heavy atom. The average molecular weight is 208 g/mol. The zero-order valence-corrected chi connectivity index (χ0v) is 8.52. The quantitative estimate of drug-likeness (QED) is 0.749. The molecule has 0 heterocycles. The molecule has 1 aromatic carbocycles. The van der Waals surface area contributed by atoms with Crippen molar-refractivity contribution in [1.82, 2.24) is 0 Å². The average Bonchev–Trinajstić information content (AvgIpc) is 2.20. The van der Waals surface area contributed by atoms with Gasteiger partial charge < -0.3 is 5.32 Å². The molecule has 0 aromatic heterocycles. The van der Waals surface area contributed by atoms with Crippen LogP contribution in [-0.4, -0.2) is 12.3 Å². The fourth-order valence-electron chi connectivity index (χ4n) is 1.13. The lowest BCUT2D eigenvalue weighted by Crippen LogP contribution is -2.04. The summed E-state index contributed by atoms with van der Waals surface area (Å²) in [6, 6.07) is 6.91. The summed E-state index contributed by atoms with van der Waals surface area (Å²) in [4.78, 5) is 0. The predicted octanol–water partition coefficient (Wildman–Crippen LogP) is 2.66. The van der Waals surface area contributed by atoms with Gasteiger partial charge in [-0.2, -0.15) is 5.26 Å². The molecule has 0 radical (unpaired) electrons. The molecular weight excluding hydrogens is 198 g/mol. The van der Waals surface area contributed by atoms with Gasteiger partial charge in [-0.1, -0.05) is 11.6 Å². The van der Waals surface area contributed by atoms with Gasteiger partial charge in [-0.15, -0.1) is 0 Å². The van der Waals surface area contributed by atoms with Crippen molar-refractivity contribution < 1.29 is 0 Å². The molecular formula is C10H10ClN3. The van der Waals surface area contributed by atoms with E-state index in [2.05, 4.69) is 5.32 Å². The van der Waals surface area contributed by atoms with Gasteiger partial charge in [0.25, 0.3) is 0 Å². The largest absolute Gasteiger partial charge is 0.385 e. The standard InChI is InChI=1S/C10H10ClN3/c1-2-14-10-4-3-7(11)5-8(10)9(13)6-12/h3-5,13-14H,2H2,1H3. The van der Waals surface area contributed by atoms with E-state index in [1.807, 2.05) is 6.92 Å². The molecule has 0 saturated heterocycles. The number of hydrogen-bond donors (Lipinski definition) is 2. The molecule has 0 spiro atoms. The van der Waals surface area contributed by atoms with Crippen molar-refractivity contribution >= 4 is 23.0 Å². The summed E-state index contributed by atoms with van der Waals surface area (Å²) in [7, 11) is 0. The normalized spacial score (nSPS) is 9.21. The van der Waals surface area contributed by atoms with Crippen molar-refractivity contribution in [3.05, 3.63) is 28.8 Å². The lowest BCUT2D eigenvalue weighted by atomic mass is 10.1. The molecule has 0 aliphatic carbocycles. The first kappa shape index (κ1) is 10.6. The van der Waals surface area contributed by atoms with E-state index in [1.165, 1.54) is 0 Å². The number of nitrogens with one attached hydrogen (secondary N) is 2. The first-order valence-electron chi connectivity index (χ1n) is 4.21. The molecule has 0 aliphatic rings. The van der Waals surface area contributed by atoms with E-state index in [1.54, 1.807) is 24.3 Å². The molecule has 72 valence electrons. The summed E-state index contributed by atoms with van der Waals surface area (Å²) in [5.41, 5.74) is 1.23. The Morgan fingerprint density at radius 1 is 1.64 bits per heavy atom. The van der Waals surface area contributed by atoms with Gasteiger partial charge in [-0.3, -0.25) is 5.41 Å². The maximum absolute atomic E-state index is 8.63. The fourth-order valence-corrected chi connectivity index (χ4v) is 1.30. The van der Waals surface area contributed by atoms with Crippen LogP contribution in [0, 0.1) is 16.7 Å². The Kier molecular flexibility index (Phi) is 3.49. The van der Waals surface area contributed by atoms with Gasteiger partial charge in [0.2, 0.25) is 0 Å². The number of nitriles is 1. The van der Waals surface area contributed by atoms with Crippen molar-refractivity contribution in [1.29, 1.82) is 10.7 Å². The summed E-state index contributed by atoms with van der Waals surface area (Å²) >= 11 is 5.78. The Bertz CT molecular complexity index is 393. The van der Waals surface area contributed by atoms with E-state index >= 15 is 0 Å². The van der Waals surface area contributed by atoms with E-state index in [-0.39, 0.29) is 5.71 Å². The molecule has 3 nitrogen and oxygen atoms in total. The van der Waals surface area contributed by atoms with E-state index in [9.17, 15) is 0 Å². The number of benzene rings is 1. The number of rotatable bonds is 3. The molecule has 0 amide bonds. The van der Waals surface area contributed by atoms with Crippen LogP contribution >= 0.6 is 11.6 Å². The van der Waals surface area contributed by atoms with E-state index in [4.69, 9.17) is 22.3 Å². The first-order valence-corrected chi connectivity index (χ1v) is 4.59. The smallest absolute Gasteiger partial charge is 0.141 e. The monoisotopic (exact) mass is 207 g/mol. The third-order valence-electron chi connectivity index (χ3n) is 1.73.